The number of halogens is 2. The molecule has 1 aliphatic heterocycles. The van der Waals surface area contributed by atoms with E-state index < -0.39 is 6.04 Å². The first-order chi connectivity index (χ1) is 15.9. The molecule has 1 heterocycles. The third-order valence-corrected chi connectivity index (χ3v) is 6.87. The molecule has 1 fully saturated rings. The second kappa shape index (κ2) is 12.4. The maximum atomic E-state index is 14.7. The molecular weight excluding hydrogens is 461 g/mol. The van der Waals surface area contributed by atoms with Crippen LogP contribution in [0.3, 0.4) is 0 Å². The van der Waals surface area contributed by atoms with Gasteiger partial charge in [0.2, 0.25) is 5.91 Å². The van der Waals surface area contributed by atoms with Crippen molar-refractivity contribution >= 4 is 35.2 Å². The number of benzene rings is 2. The topological polar surface area (TPSA) is 61.4 Å². The van der Waals surface area contributed by atoms with Crippen LogP contribution in [0.1, 0.15) is 46.8 Å². The van der Waals surface area contributed by atoms with Crippen molar-refractivity contribution in [3.63, 3.8) is 0 Å². The number of carbonyl (C=O) groups excluding carboxylic acids is 2. The summed E-state index contributed by atoms with van der Waals surface area (Å²) in [6.07, 6.45) is 4.51. The van der Waals surface area contributed by atoms with Crippen LogP contribution in [-0.4, -0.2) is 54.4 Å². The number of likely N-dealkylation sites (tertiary alicyclic amines) is 1. The Labute approximate surface area is 204 Å². The molecule has 0 radical (unpaired) electrons. The Morgan fingerprint density at radius 1 is 1.18 bits per heavy atom. The lowest BCUT2D eigenvalue weighted by molar-refractivity contribution is -0.123. The zero-order valence-corrected chi connectivity index (χ0v) is 20.6. The molecule has 0 spiro atoms. The Hall–Kier alpha value is -2.09. The van der Waals surface area contributed by atoms with E-state index in [1.165, 1.54) is 6.07 Å². The summed E-state index contributed by atoms with van der Waals surface area (Å²) in [6.45, 7) is 3.78. The molecule has 0 aromatic heterocycles. The van der Waals surface area contributed by atoms with Gasteiger partial charge in [-0.3, -0.25) is 14.5 Å². The number of carbonyl (C=O) groups is 2. The maximum Gasteiger partial charge on any atom is 0.251 e. The fourth-order valence-corrected chi connectivity index (χ4v) is 4.91. The highest BCUT2D eigenvalue weighted by atomic mass is 35.5. The summed E-state index contributed by atoms with van der Waals surface area (Å²) in [4.78, 5) is 28.0. The van der Waals surface area contributed by atoms with Crippen molar-refractivity contribution in [2.24, 2.45) is 0 Å². The van der Waals surface area contributed by atoms with Crippen molar-refractivity contribution in [3.8, 4) is 0 Å². The number of hydrogen-bond acceptors (Lipinski definition) is 4. The summed E-state index contributed by atoms with van der Waals surface area (Å²) in [7, 11) is 0. The van der Waals surface area contributed by atoms with Crippen LogP contribution < -0.4 is 10.6 Å². The lowest BCUT2D eigenvalue weighted by atomic mass is 10.0. The Balaban J connectivity index is 1.73. The fraction of sp³-hybridized carbons (Fsp3) is 0.440. The van der Waals surface area contributed by atoms with Crippen molar-refractivity contribution in [3.05, 3.63) is 70.0 Å². The van der Waals surface area contributed by atoms with Crippen molar-refractivity contribution in [1.29, 1.82) is 0 Å². The second-order valence-electron chi connectivity index (χ2n) is 8.32. The SMILES string of the molecule is CSCCC(NC(=O)c1cccc(C)c1)C(=O)NCC(c1c(F)cccc1Cl)N1CCCC1. The Morgan fingerprint density at radius 2 is 1.91 bits per heavy atom. The molecule has 33 heavy (non-hydrogen) atoms. The van der Waals surface area contributed by atoms with Crippen molar-refractivity contribution in [2.75, 3.05) is 31.6 Å². The molecule has 2 aromatic rings. The van der Waals surface area contributed by atoms with E-state index in [0.717, 1.165) is 37.2 Å². The first kappa shape index (κ1) is 25.5. The average molecular weight is 492 g/mol. The highest BCUT2D eigenvalue weighted by molar-refractivity contribution is 7.98. The number of thioether (sulfide) groups is 1. The Morgan fingerprint density at radius 3 is 2.58 bits per heavy atom. The minimum absolute atomic E-state index is 0.218. The highest BCUT2D eigenvalue weighted by Gasteiger charge is 2.29. The van der Waals surface area contributed by atoms with Crippen LogP contribution in [0.4, 0.5) is 4.39 Å². The first-order valence-electron chi connectivity index (χ1n) is 11.2. The van der Waals surface area contributed by atoms with Gasteiger partial charge in [0, 0.05) is 22.7 Å². The lowest BCUT2D eigenvalue weighted by Gasteiger charge is -2.30. The van der Waals surface area contributed by atoms with Gasteiger partial charge in [-0.1, -0.05) is 35.4 Å². The van der Waals surface area contributed by atoms with Crippen molar-refractivity contribution in [2.45, 2.75) is 38.3 Å². The molecule has 178 valence electrons. The minimum Gasteiger partial charge on any atom is -0.352 e. The van der Waals surface area contributed by atoms with E-state index in [0.29, 0.717) is 22.6 Å². The van der Waals surface area contributed by atoms with Crippen molar-refractivity contribution in [1.82, 2.24) is 15.5 Å². The molecule has 2 unspecified atom stereocenters. The van der Waals surface area contributed by atoms with E-state index in [-0.39, 0.29) is 30.2 Å². The molecule has 0 saturated carbocycles. The predicted molar refractivity (Wildman–Crippen MR) is 133 cm³/mol. The van der Waals surface area contributed by atoms with Gasteiger partial charge >= 0.3 is 0 Å². The van der Waals surface area contributed by atoms with Crippen LogP contribution in [-0.2, 0) is 4.79 Å². The number of hydrogen-bond donors (Lipinski definition) is 2. The summed E-state index contributed by atoms with van der Waals surface area (Å²) in [5.41, 5.74) is 1.90. The third-order valence-electron chi connectivity index (χ3n) is 5.90. The minimum atomic E-state index is -0.680. The standard InChI is InChI=1S/C25H31ClFN3O2S/c1-17-7-5-8-18(15-17)24(31)29-21(11-14-33-2)25(32)28-16-22(30-12-3-4-13-30)23-19(26)9-6-10-20(23)27/h5-10,15,21-22H,3-4,11-14,16H2,1-2H3,(H,28,32)(H,29,31). The largest absolute Gasteiger partial charge is 0.352 e. The van der Waals surface area contributed by atoms with Crippen LogP contribution in [0.2, 0.25) is 5.02 Å². The zero-order chi connectivity index (χ0) is 23.8. The van der Waals surface area contributed by atoms with Gasteiger partial charge in [-0.2, -0.15) is 11.8 Å². The molecule has 8 heteroatoms. The normalized spacial score (nSPS) is 15.8. The van der Waals surface area contributed by atoms with Crippen molar-refractivity contribution < 1.29 is 14.0 Å². The lowest BCUT2D eigenvalue weighted by Crippen LogP contribution is -2.49. The van der Waals surface area contributed by atoms with Crippen LogP contribution in [0.5, 0.6) is 0 Å². The first-order valence-corrected chi connectivity index (χ1v) is 13.0. The van der Waals surface area contributed by atoms with E-state index in [9.17, 15) is 14.0 Å². The quantitative estimate of drug-likeness (QED) is 0.510. The molecule has 1 saturated heterocycles. The van der Waals surface area contributed by atoms with Crippen LogP contribution in [0, 0.1) is 12.7 Å². The third kappa shape index (κ3) is 6.95. The van der Waals surface area contributed by atoms with E-state index in [1.807, 2.05) is 25.3 Å². The van der Waals surface area contributed by atoms with E-state index in [4.69, 9.17) is 11.6 Å². The average Bonchev–Trinajstić information content (AvgIpc) is 3.32. The molecule has 3 rings (SSSR count). The van der Waals surface area contributed by atoms with Gasteiger partial charge in [0.15, 0.2) is 0 Å². The van der Waals surface area contributed by atoms with E-state index in [1.54, 1.807) is 36.0 Å². The fourth-order valence-electron chi connectivity index (χ4n) is 4.15. The smallest absolute Gasteiger partial charge is 0.251 e. The van der Waals surface area contributed by atoms with E-state index in [2.05, 4.69) is 15.5 Å². The molecule has 5 nitrogen and oxygen atoms in total. The van der Waals surface area contributed by atoms with Gasteiger partial charge < -0.3 is 10.6 Å². The van der Waals surface area contributed by atoms with Crippen LogP contribution >= 0.6 is 23.4 Å². The molecule has 2 atom stereocenters. The Bertz CT molecular complexity index is 948. The molecule has 0 aliphatic carbocycles. The highest BCUT2D eigenvalue weighted by Crippen LogP contribution is 2.32. The maximum absolute atomic E-state index is 14.7. The van der Waals surface area contributed by atoms with Gasteiger partial charge in [0.1, 0.15) is 11.9 Å². The molecule has 2 amide bonds. The number of aryl methyl sites for hydroxylation is 1. The van der Waals surface area contributed by atoms with Gasteiger partial charge in [0.25, 0.3) is 5.91 Å². The molecule has 2 N–H and O–H groups in total. The van der Waals surface area contributed by atoms with Crippen LogP contribution in [0.25, 0.3) is 0 Å². The summed E-state index contributed by atoms with van der Waals surface area (Å²) in [5.74, 6) is -0.212. The monoisotopic (exact) mass is 491 g/mol. The summed E-state index contributed by atoms with van der Waals surface area (Å²) >= 11 is 7.97. The molecule has 0 bridgehead atoms. The molecular formula is C25H31ClFN3O2S. The number of amides is 2. The van der Waals surface area contributed by atoms with Gasteiger partial charge in [-0.05, 0) is 75.5 Å². The Kier molecular flexibility index (Phi) is 9.59. The summed E-state index contributed by atoms with van der Waals surface area (Å²) in [5, 5.41) is 6.19. The number of nitrogens with zero attached hydrogens (tertiary/aromatic N) is 1. The van der Waals surface area contributed by atoms with E-state index >= 15 is 0 Å². The molecule has 2 aromatic carbocycles. The summed E-state index contributed by atoms with van der Waals surface area (Å²) < 4.78 is 14.7. The number of nitrogens with one attached hydrogen (secondary N) is 2. The van der Waals surface area contributed by atoms with Crippen LogP contribution in [0.15, 0.2) is 42.5 Å². The predicted octanol–water partition coefficient (Wildman–Crippen LogP) is 4.59. The van der Waals surface area contributed by atoms with Gasteiger partial charge in [-0.25, -0.2) is 4.39 Å². The van der Waals surface area contributed by atoms with Gasteiger partial charge in [0.05, 0.1) is 6.04 Å². The van der Waals surface area contributed by atoms with Gasteiger partial charge in [-0.15, -0.1) is 0 Å². The molecule has 1 aliphatic rings. The zero-order valence-electron chi connectivity index (χ0n) is 19.1. The second-order valence-corrected chi connectivity index (χ2v) is 9.71. The number of rotatable bonds is 10. The summed E-state index contributed by atoms with van der Waals surface area (Å²) in [6, 6.07) is 10.9.